The number of para-hydroxylation sites is 1. The molecule has 0 saturated heterocycles. The molecule has 2 rings (SSSR count). The fourth-order valence-corrected chi connectivity index (χ4v) is 2.92. The average molecular weight is 303 g/mol. The molecular formula is C18H23ClN2. The van der Waals surface area contributed by atoms with Crippen molar-refractivity contribution in [3.8, 4) is 0 Å². The fourth-order valence-electron chi connectivity index (χ4n) is 2.70. The zero-order valence-corrected chi connectivity index (χ0v) is 13.7. The van der Waals surface area contributed by atoms with Crippen LogP contribution in [0.25, 0.3) is 0 Å². The molecule has 1 atom stereocenters. The van der Waals surface area contributed by atoms with Crippen LogP contribution in [0.1, 0.15) is 30.5 Å². The van der Waals surface area contributed by atoms with Crippen LogP contribution in [-0.2, 0) is 6.54 Å². The molecule has 0 amide bonds. The predicted octanol–water partition coefficient (Wildman–Crippen LogP) is 4.65. The Labute approximate surface area is 132 Å². The van der Waals surface area contributed by atoms with Gasteiger partial charge in [0.25, 0.3) is 0 Å². The highest BCUT2D eigenvalue weighted by atomic mass is 35.5. The maximum Gasteiger partial charge on any atom is 0.0426 e. The van der Waals surface area contributed by atoms with Gasteiger partial charge in [-0.05, 0) is 42.8 Å². The van der Waals surface area contributed by atoms with Gasteiger partial charge in [-0.2, -0.15) is 0 Å². The molecule has 0 fully saturated rings. The van der Waals surface area contributed by atoms with Crippen LogP contribution in [0.4, 0.5) is 5.69 Å². The van der Waals surface area contributed by atoms with Crippen LogP contribution in [0.5, 0.6) is 0 Å². The largest absolute Gasteiger partial charge is 0.370 e. The number of anilines is 1. The molecule has 2 aromatic carbocycles. The molecule has 0 aliphatic carbocycles. The quantitative estimate of drug-likeness (QED) is 0.836. The normalized spacial score (nSPS) is 12.2. The third-order valence-corrected chi connectivity index (χ3v) is 4.02. The Kier molecular flexibility index (Phi) is 5.66. The van der Waals surface area contributed by atoms with E-state index in [0.29, 0.717) is 6.04 Å². The minimum Gasteiger partial charge on any atom is -0.370 e. The van der Waals surface area contributed by atoms with Crippen LogP contribution < -0.4 is 10.2 Å². The molecule has 0 spiro atoms. The van der Waals surface area contributed by atoms with Crippen molar-refractivity contribution in [2.75, 3.05) is 19.0 Å². The van der Waals surface area contributed by atoms with Gasteiger partial charge in [0.2, 0.25) is 0 Å². The van der Waals surface area contributed by atoms with E-state index < -0.39 is 0 Å². The van der Waals surface area contributed by atoms with Gasteiger partial charge >= 0.3 is 0 Å². The van der Waals surface area contributed by atoms with Crippen molar-refractivity contribution in [1.29, 1.82) is 0 Å². The number of nitrogens with zero attached hydrogens (tertiary/aromatic N) is 1. The lowest BCUT2D eigenvalue weighted by molar-refractivity contribution is 0.575. The maximum absolute atomic E-state index is 6.07. The summed E-state index contributed by atoms with van der Waals surface area (Å²) in [4.78, 5) is 2.28. The predicted molar refractivity (Wildman–Crippen MR) is 92.1 cm³/mol. The van der Waals surface area contributed by atoms with Crippen LogP contribution in [0, 0.1) is 0 Å². The second kappa shape index (κ2) is 7.48. The van der Waals surface area contributed by atoms with Crippen molar-refractivity contribution in [2.45, 2.75) is 25.9 Å². The minimum atomic E-state index is 0.378. The Bertz CT molecular complexity index is 579. The Morgan fingerprint density at radius 2 is 1.90 bits per heavy atom. The summed E-state index contributed by atoms with van der Waals surface area (Å²) < 4.78 is 0. The second-order valence-corrected chi connectivity index (χ2v) is 5.73. The highest BCUT2D eigenvalue weighted by molar-refractivity contribution is 6.30. The first-order valence-corrected chi connectivity index (χ1v) is 7.75. The Balaban J connectivity index is 2.25. The van der Waals surface area contributed by atoms with Crippen LogP contribution in [-0.4, -0.2) is 14.1 Å². The first-order chi connectivity index (χ1) is 10.2. The van der Waals surface area contributed by atoms with E-state index in [1.54, 1.807) is 0 Å². The summed E-state index contributed by atoms with van der Waals surface area (Å²) in [5, 5.41) is 4.18. The van der Waals surface area contributed by atoms with Crippen molar-refractivity contribution in [3.63, 3.8) is 0 Å². The highest BCUT2D eigenvalue weighted by Crippen LogP contribution is 2.28. The lowest BCUT2D eigenvalue weighted by Crippen LogP contribution is -2.22. The number of nitrogens with one attached hydrogen (secondary N) is 1. The SMILES string of the molecule is CCC(NC)c1ccccc1N(C)Cc1cccc(Cl)c1. The monoisotopic (exact) mass is 302 g/mol. The van der Waals surface area contributed by atoms with E-state index in [2.05, 4.69) is 54.5 Å². The molecule has 2 aromatic rings. The topological polar surface area (TPSA) is 15.3 Å². The smallest absolute Gasteiger partial charge is 0.0426 e. The molecule has 0 aromatic heterocycles. The van der Waals surface area contributed by atoms with Crippen LogP contribution in [0.2, 0.25) is 5.02 Å². The second-order valence-electron chi connectivity index (χ2n) is 5.29. The lowest BCUT2D eigenvalue weighted by atomic mass is 10.0. The van der Waals surface area contributed by atoms with Gasteiger partial charge in [0.15, 0.2) is 0 Å². The van der Waals surface area contributed by atoms with Crippen molar-refractivity contribution in [1.82, 2.24) is 5.32 Å². The molecule has 1 N–H and O–H groups in total. The molecule has 0 aliphatic heterocycles. The van der Waals surface area contributed by atoms with Crippen molar-refractivity contribution in [2.24, 2.45) is 0 Å². The van der Waals surface area contributed by atoms with E-state index in [1.807, 2.05) is 25.2 Å². The summed E-state index contributed by atoms with van der Waals surface area (Å²) >= 11 is 6.07. The molecule has 3 heteroatoms. The summed E-state index contributed by atoms with van der Waals surface area (Å²) in [7, 11) is 4.14. The van der Waals surface area contributed by atoms with Crippen molar-refractivity contribution >= 4 is 17.3 Å². The first kappa shape index (κ1) is 15.9. The van der Waals surface area contributed by atoms with E-state index in [4.69, 9.17) is 11.6 Å². The van der Waals surface area contributed by atoms with Crippen molar-refractivity contribution < 1.29 is 0 Å². The molecule has 0 radical (unpaired) electrons. The average Bonchev–Trinajstić information content (AvgIpc) is 2.49. The van der Waals surface area contributed by atoms with Crippen LogP contribution >= 0.6 is 11.6 Å². The molecule has 0 saturated carbocycles. The number of hydrogen-bond donors (Lipinski definition) is 1. The summed E-state index contributed by atoms with van der Waals surface area (Å²) in [6, 6.07) is 17.0. The Hall–Kier alpha value is -1.51. The number of halogens is 1. The minimum absolute atomic E-state index is 0.378. The Morgan fingerprint density at radius 3 is 2.57 bits per heavy atom. The highest BCUT2D eigenvalue weighted by Gasteiger charge is 2.14. The first-order valence-electron chi connectivity index (χ1n) is 7.37. The van der Waals surface area contributed by atoms with Gasteiger partial charge < -0.3 is 10.2 Å². The van der Waals surface area contributed by atoms with E-state index in [1.165, 1.54) is 16.8 Å². The Morgan fingerprint density at radius 1 is 1.14 bits per heavy atom. The maximum atomic E-state index is 6.07. The molecule has 0 bridgehead atoms. The number of rotatable bonds is 6. The summed E-state index contributed by atoms with van der Waals surface area (Å²) in [6.07, 6.45) is 1.07. The molecule has 2 nitrogen and oxygen atoms in total. The van der Waals surface area contributed by atoms with Gasteiger partial charge in [-0.15, -0.1) is 0 Å². The molecule has 0 heterocycles. The van der Waals surface area contributed by atoms with Gasteiger partial charge in [-0.1, -0.05) is 48.9 Å². The molecular weight excluding hydrogens is 280 g/mol. The summed E-state index contributed by atoms with van der Waals surface area (Å²) in [6.45, 7) is 3.05. The van der Waals surface area contributed by atoms with Gasteiger partial charge in [0.05, 0.1) is 0 Å². The molecule has 1 unspecified atom stereocenters. The molecule has 21 heavy (non-hydrogen) atoms. The van der Waals surface area contributed by atoms with E-state index in [0.717, 1.165) is 18.0 Å². The third kappa shape index (κ3) is 3.99. The van der Waals surface area contributed by atoms with Crippen LogP contribution in [0.3, 0.4) is 0 Å². The zero-order valence-electron chi connectivity index (χ0n) is 12.9. The van der Waals surface area contributed by atoms with E-state index >= 15 is 0 Å². The van der Waals surface area contributed by atoms with Gasteiger partial charge in [0.1, 0.15) is 0 Å². The summed E-state index contributed by atoms with van der Waals surface area (Å²) in [5.41, 5.74) is 3.82. The zero-order chi connectivity index (χ0) is 15.2. The standard InChI is InChI=1S/C18H23ClN2/c1-4-17(20-2)16-10-5-6-11-18(16)21(3)13-14-8-7-9-15(19)12-14/h5-12,17,20H,4,13H2,1-3H3. The lowest BCUT2D eigenvalue weighted by Gasteiger charge is -2.26. The van der Waals surface area contributed by atoms with Crippen molar-refractivity contribution in [3.05, 3.63) is 64.7 Å². The number of benzene rings is 2. The molecule has 0 aliphatic rings. The molecule has 112 valence electrons. The van der Waals surface area contributed by atoms with Gasteiger partial charge in [0, 0.05) is 30.3 Å². The van der Waals surface area contributed by atoms with E-state index in [9.17, 15) is 0 Å². The summed E-state index contributed by atoms with van der Waals surface area (Å²) in [5.74, 6) is 0. The fraction of sp³-hybridized carbons (Fsp3) is 0.333. The van der Waals surface area contributed by atoms with Crippen LogP contribution in [0.15, 0.2) is 48.5 Å². The number of hydrogen-bond acceptors (Lipinski definition) is 2. The van der Waals surface area contributed by atoms with Gasteiger partial charge in [-0.25, -0.2) is 0 Å². The van der Waals surface area contributed by atoms with Gasteiger partial charge in [-0.3, -0.25) is 0 Å². The third-order valence-electron chi connectivity index (χ3n) is 3.79. The van der Waals surface area contributed by atoms with E-state index in [-0.39, 0.29) is 0 Å².